The molecule has 158 valence electrons. The Labute approximate surface area is 178 Å². The topological polar surface area (TPSA) is 100 Å². The molecule has 0 radical (unpaired) electrons. The number of ether oxygens (including phenoxy) is 1. The maximum atomic E-state index is 12.0. The summed E-state index contributed by atoms with van der Waals surface area (Å²) >= 11 is 0. The fraction of sp³-hybridized carbons (Fsp3) is 0.174. The highest BCUT2D eigenvalue weighted by molar-refractivity contribution is 5.83. The number of carbonyl (C=O) groups is 1. The Morgan fingerprint density at radius 3 is 2.77 bits per heavy atom. The van der Waals surface area contributed by atoms with Gasteiger partial charge < -0.3 is 9.72 Å². The van der Waals surface area contributed by atoms with Crippen LogP contribution < -0.4 is 5.43 Å². The highest BCUT2D eigenvalue weighted by Crippen LogP contribution is 2.35. The first-order valence-electron chi connectivity index (χ1n) is 9.91. The summed E-state index contributed by atoms with van der Waals surface area (Å²) in [5, 5.41) is 14.1. The van der Waals surface area contributed by atoms with Crippen molar-refractivity contribution in [1.82, 2.24) is 15.4 Å². The Balaban J connectivity index is 1.75. The highest BCUT2D eigenvalue weighted by Gasteiger charge is 2.29. The normalized spacial score (nSPS) is 16.2. The zero-order valence-corrected chi connectivity index (χ0v) is 17.2. The fourth-order valence-electron chi connectivity index (χ4n) is 3.63. The monoisotopic (exact) mass is 418 g/mol. The van der Waals surface area contributed by atoms with Crippen LogP contribution >= 0.6 is 0 Å². The lowest BCUT2D eigenvalue weighted by molar-refractivity contribution is -0.384. The van der Waals surface area contributed by atoms with Crippen molar-refractivity contribution >= 4 is 28.3 Å². The van der Waals surface area contributed by atoms with Gasteiger partial charge in [0.1, 0.15) is 6.04 Å². The van der Waals surface area contributed by atoms with Crippen LogP contribution in [0, 0.1) is 10.1 Å². The molecule has 8 heteroatoms. The number of fused-ring (bicyclic) bond motifs is 1. The molecular formula is C23H22N4O4. The zero-order valence-electron chi connectivity index (χ0n) is 17.2. The third kappa shape index (κ3) is 4.13. The maximum Gasteiger partial charge on any atom is 0.332 e. The number of rotatable bonds is 6. The van der Waals surface area contributed by atoms with Crippen LogP contribution in [0.3, 0.4) is 0 Å². The van der Waals surface area contributed by atoms with Crippen molar-refractivity contribution in [2.24, 2.45) is 0 Å². The predicted molar refractivity (Wildman–Crippen MR) is 117 cm³/mol. The summed E-state index contributed by atoms with van der Waals surface area (Å²) in [7, 11) is 0. The number of hydrazine groups is 1. The van der Waals surface area contributed by atoms with E-state index in [2.05, 4.69) is 16.5 Å². The molecule has 1 aliphatic rings. The number of carbonyl (C=O) groups excluding carboxylic acids is 1. The van der Waals surface area contributed by atoms with E-state index < -0.39 is 10.9 Å². The Kier molecular flexibility index (Phi) is 5.44. The zero-order chi connectivity index (χ0) is 22.0. The number of nitro benzene ring substituents is 1. The van der Waals surface area contributed by atoms with Crippen LogP contribution in [-0.2, 0) is 9.53 Å². The van der Waals surface area contributed by atoms with Crippen molar-refractivity contribution in [2.45, 2.75) is 19.9 Å². The summed E-state index contributed by atoms with van der Waals surface area (Å²) in [6.07, 6.45) is 3.41. The van der Waals surface area contributed by atoms with E-state index in [0.29, 0.717) is 23.6 Å². The van der Waals surface area contributed by atoms with Gasteiger partial charge in [-0.25, -0.2) is 4.79 Å². The first-order valence-corrected chi connectivity index (χ1v) is 9.91. The van der Waals surface area contributed by atoms with Crippen LogP contribution in [0.25, 0.3) is 16.6 Å². The quantitative estimate of drug-likeness (QED) is 0.266. The Bertz CT molecular complexity index is 1180. The minimum Gasteiger partial charge on any atom is -0.463 e. The predicted octanol–water partition coefficient (Wildman–Crippen LogP) is 4.45. The molecule has 4 rings (SSSR count). The number of non-ortho nitro benzene ring substituents is 1. The molecule has 1 aromatic heterocycles. The lowest BCUT2D eigenvalue weighted by atomic mass is 10.1. The second-order valence-corrected chi connectivity index (χ2v) is 7.16. The number of H-pyrrole nitrogens is 1. The van der Waals surface area contributed by atoms with Crippen molar-refractivity contribution < 1.29 is 14.5 Å². The van der Waals surface area contributed by atoms with Gasteiger partial charge >= 0.3 is 5.97 Å². The number of nitrogens with zero attached hydrogens (tertiary/aromatic N) is 2. The Morgan fingerprint density at radius 1 is 1.23 bits per heavy atom. The van der Waals surface area contributed by atoms with Crippen LogP contribution in [0.4, 0.5) is 5.69 Å². The van der Waals surface area contributed by atoms with E-state index in [1.54, 1.807) is 13.0 Å². The number of allylic oxidation sites excluding steroid dienone is 1. The minimum absolute atomic E-state index is 0.0135. The smallest absolute Gasteiger partial charge is 0.332 e. The van der Waals surface area contributed by atoms with Crippen molar-refractivity contribution in [2.75, 3.05) is 6.61 Å². The summed E-state index contributed by atoms with van der Waals surface area (Å²) < 4.78 is 5.05. The van der Waals surface area contributed by atoms with Gasteiger partial charge in [-0.15, -0.1) is 0 Å². The maximum absolute atomic E-state index is 12.0. The molecule has 0 fully saturated rings. The average Bonchev–Trinajstić information content (AvgIpc) is 3.38. The van der Waals surface area contributed by atoms with Gasteiger partial charge in [-0.3, -0.25) is 20.5 Å². The minimum atomic E-state index is -0.430. The van der Waals surface area contributed by atoms with E-state index >= 15 is 0 Å². The van der Waals surface area contributed by atoms with E-state index in [-0.39, 0.29) is 11.7 Å². The van der Waals surface area contributed by atoms with Gasteiger partial charge in [-0.2, -0.15) is 0 Å². The van der Waals surface area contributed by atoms with Gasteiger partial charge in [0.25, 0.3) is 5.69 Å². The van der Waals surface area contributed by atoms with E-state index in [1.165, 1.54) is 18.2 Å². The molecule has 0 spiro atoms. The number of para-hydroxylation sites is 1. The third-order valence-electron chi connectivity index (χ3n) is 5.07. The molecule has 0 aliphatic carbocycles. The fourth-order valence-corrected chi connectivity index (χ4v) is 3.63. The summed E-state index contributed by atoms with van der Waals surface area (Å²) in [6, 6.07) is 16.2. The molecule has 0 saturated carbocycles. The number of esters is 1. The second kappa shape index (κ2) is 8.35. The van der Waals surface area contributed by atoms with Gasteiger partial charge in [0, 0.05) is 40.7 Å². The molecule has 0 unspecified atom stereocenters. The number of hydrogen-bond donors (Lipinski definition) is 2. The first kappa shape index (κ1) is 20.2. The summed E-state index contributed by atoms with van der Waals surface area (Å²) in [4.78, 5) is 26.2. The number of aromatic amines is 1. The van der Waals surface area contributed by atoms with E-state index in [0.717, 1.165) is 16.6 Å². The number of aromatic nitrogens is 1. The molecule has 3 aromatic rings. The number of nitrogens with one attached hydrogen (secondary N) is 2. The number of hydrogen-bond acceptors (Lipinski definition) is 6. The Morgan fingerprint density at radius 2 is 2.03 bits per heavy atom. The standard InChI is InChI=1S/C23H22N4O4/c1-3-31-23(28)11-15(2)26-22(21-13-17-7-4-5-10-19(17)24-21)14-20(25-26)16-8-6-9-18(12-16)27(29)30/h4-14,22,24-25H,3H2,1-2H3/t22-/m0/s1. The average molecular weight is 418 g/mol. The highest BCUT2D eigenvalue weighted by atomic mass is 16.6. The summed E-state index contributed by atoms with van der Waals surface area (Å²) in [5.41, 5.74) is 7.27. The van der Waals surface area contributed by atoms with E-state index in [1.807, 2.05) is 48.3 Å². The van der Waals surface area contributed by atoms with Crippen molar-refractivity contribution in [1.29, 1.82) is 0 Å². The van der Waals surface area contributed by atoms with Gasteiger partial charge in [-0.1, -0.05) is 30.3 Å². The molecule has 1 aliphatic heterocycles. The second-order valence-electron chi connectivity index (χ2n) is 7.16. The van der Waals surface area contributed by atoms with Crippen LogP contribution in [0.5, 0.6) is 0 Å². The summed E-state index contributed by atoms with van der Waals surface area (Å²) in [5.74, 6) is -0.430. The third-order valence-corrected chi connectivity index (χ3v) is 5.07. The van der Waals surface area contributed by atoms with Gasteiger partial charge in [-0.05, 0) is 37.4 Å². The molecule has 31 heavy (non-hydrogen) atoms. The molecule has 2 heterocycles. The molecule has 0 amide bonds. The molecule has 2 aromatic carbocycles. The van der Waals surface area contributed by atoms with Crippen LogP contribution in [0.2, 0.25) is 0 Å². The van der Waals surface area contributed by atoms with Crippen molar-refractivity contribution in [3.8, 4) is 0 Å². The molecular weight excluding hydrogens is 396 g/mol. The Hall–Kier alpha value is -4.07. The van der Waals surface area contributed by atoms with Gasteiger partial charge in [0.05, 0.1) is 17.2 Å². The van der Waals surface area contributed by atoms with E-state index in [4.69, 9.17) is 4.74 Å². The first-order chi connectivity index (χ1) is 15.0. The largest absolute Gasteiger partial charge is 0.463 e. The van der Waals surface area contributed by atoms with Crippen molar-refractivity contribution in [3.63, 3.8) is 0 Å². The molecule has 0 saturated heterocycles. The van der Waals surface area contributed by atoms with E-state index in [9.17, 15) is 14.9 Å². The molecule has 8 nitrogen and oxygen atoms in total. The SMILES string of the molecule is CCOC(=O)C=C(C)N1NC(c2cccc([N+](=O)[O-])c2)=C[C@H]1c1cc2ccccc2[nH]1. The molecule has 1 atom stereocenters. The number of benzene rings is 2. The summed E-state index contributed by atoms with van der Waals surface area (Å²) in [6.45, 7) is 3.85. The van der Waals surface area contributed by atoms with Crippen LogP contribution in [0.15, 0.2) is 72.4 Å². The van der Waals surface area contributed by atoms with Crippen LogP contribution in [-0.4, -0.2) is 27.5 Å². The lowest BCUT2D eigenvalue weighted by Gasteiger charge is -2.27. The number of nitro groups is 1. The van der Waals surface area contributed by atoms with Crippen molar-refractivity contribution in [3.05, 3.63) is 93.8 Å². The van der Waals surface area contributed by atoms with Gasteiger partial charge in [0.2, 0.25) is 0 Å². The lowest BCUT2D eigenvalue weighted by Crippen LogP contribution is -2.33. The molecule has 2 N–H and O–H groups in total. The molecule has 0 bridgehead atoms. The van der Waals surface area contributed by atoms with Gasteiger partial charge in [0.15, 0.2) is 0 Å². The van der Waals surface area contributed by atoms with Crippen LogP contribution in [0.1, 0.15) is 31.1 Å².